The van der Waals surface area contributed by atoms with Crippen LogP contribution in [0.3, 0.4) is 0 Å². The Hall–Kier alpha value is -1.53. The maximum Gasteiger partial charge on any atom is 0.301 e. The van der Waals surface area contributed by atoms with Crippen molar-refractivity contribution in [2.24, 2.45) is 11.8 Å². The number of hydrogen-bond donors (Lipinski definition) is 2. The molecule has 2 aromatic rings. The number of piperidine rings is 1. The molecule has 0 spiro atoms. The van der Waals surface area contributed by atoms with E-state index in [1.54, 1.807) is 6.07 Å². The quantitative estimate of drug-likeness (QED) is 0.467. The first-order chi connectivity index (χ1) is 14.1. The molecular weight excluding hydrogens is 530 g/mol. The maximum absolute atomic E-state index is 14.5. The van der Waals surface area contributed by atoms with E-state index in [4.69, 9.17) is 0 Å². The molecule has 0 unspecified atom stereocenters. The average Bonchev–Trinajstić information content (AvgIpc) is 2.69. The number of nitrogens with one attached hydrogen (secondary N) is 2. The van der Waals surface area contributed by atoms with Crippen LogP contribution in [0.15, 0.2) is 30.3 Å². The van der Waals surface area contributed by atoms with Gasteiger partial charge in [0.1, 0.15) is 11.5 Å². The molecule has 0 aliphatic carbocycles. The summed E-state index contributed by atoms with van der Waals surface area (Å²) in [4.78, 5) is 0. The topological polar surface area (TPSA) is 61.4 Å². The highest BCUT2D eigenvalue weighted by Crippen LogP contribution is 2.33. The molecule has 10 heteroatoms. The van der Waals surface area contributed by atoms with E-state index in [0.717, 1.165) is 25.0 Å². The van der Waals surface area contributed by atoms with Gasteiger partial charge >= 0.3 is 10.2 Å². The molecule has 0 saturated carbocycles. The molecule has 30 heavy (non-hydrogen) atoms. The number of nitrogens with zero attached hydrogens (tertiary/aromatic N) is 1. The van der Waals surface area contributed by atoms with Gasteiger partial charge in [0.2, 0.25) is 0 Å². The average molecular weight is 553 g/mol. The highest BCUT2D eigenvalue weighted by atomic mass is 127. The monoisotopic (exact) mass is 553 g/mol. The first kappa shape index (κ1) is 23.1. The van der Waals surface area contributed by atoms with E-state index in [2.05, 4.69) is 23.9 Å². The van der Waals surface area contributed by atoms with E-state index >= 15 is 0 Å². The number of rotatable bonds is 6. The lowest BCUT2D eigenvalue weighted by atomic mass is 9.87. The van der Waals surface area contributed by atoms with E-state index in [-0.39, 0.29) is 11.4 Å². The summed E-state index contributed by atoms with van der Waals surface area (Å²) in [5.41, 5.74) is -0.772. The molecule has 1 saturated heterocycles. The van der Waals surface area contributed by atoms with Gasteiger partial charge in [0.25, 0.3) is 0 Å². The fraction of sp³-hybridized carbons (Fsp3) is 0.400. The van der Waals surface area contributed by atoms with E-state index in [1.807, 2.05) is 22.6 Å². The number of hydrogen-bond acceptors (Lipinski definition) is 3. The molecule has 0 bridgehead atoms. The van der Waals surface area contributed by atoms with Gasteiger partial charge in [0, 0.05) is 16.7 Å². The van der Waals surface area contributed by atoms with Crippen LogP contribution in [0.5, 0.6) is 0 Å². The maximum atomic E-state index is 14.5. The molecule has 164 valence electrons. The third-order valence-corrected chi connectivity index (χ3v) is 7.50. The van der Waals surface area contributed by atoms with Crippen LogP contribution in [0.2, 0.25) is 0 Å². The Morgan fingerprint density at radius 1 is 1.03 bits per heavy atom. The zero-order valence-corrected chi connectivity index (χ0v) is 19.5. The van der Waals surface area contributed by atoms with Crippen molar-refractivity contribution >= 4 is 49.9 Å². The summed E-state index contributed by atoms with van der Waals surface area (Å²) >= 11 is 1.92. The highest BCUT2D eigenvalue weighted by Gasteiger charge is 2.30. The van der Waals surface area contributed by atoms with Gasteiger partial charge in [-0.15, -0.1) is 0 Å². The van der Waals surface area contributed by atoms with Gasteiger partial charge in [-0.1, -0.05) is 13.8 Å². The number of halogens is 4. The molecule has 0 amide bonds. The predicted molar refractivity (Wildman–Crippen MR) is 120 cm³/mol. The van der Waals surface area contributed by atoms with E-state index < -0.39 is 33.3 Å². The standard InChI is InChI=1S/C20H23F3IN3O2S/c1-12(2)13-7-9-27(10-8-13)30(28,29)26-18-6-4-15(21)19(23)20(18)25-17-5-3-14(24)11-16(17)22/h3-6,11-13,25-26H,7-10H2,1-2H3. The number of anilines is 3. The van der Waals surface area contributed by atoms with Crippen molar-refractivity contribution in [1.82, 2.24) is 4.31 Å². The lowest BCUT2D eigenvalue weighted by molar-refractivity contribution is 0.227. The molecule has 2 aromatic carbocycles. The van der Waals surface area contributed by atoms with Crippen molar-refractivity contribution in [2.75, 3.05) is 23.1 Å². The normalized spacial score (nSPS) is 16.1. The molecule has 1 heterocycles. The third-order valence-electron chi connectivity index (χ3n) is 5.31. The zero-order valence-electron chi connectivity index (χ0n) is 16.6. The smallest absolute Gasteiger partial charge is 0.301 e. The van der Waals surface area contributed by atoms with Gasteiger partial charge in [0.05, 0.1) is 11.4 Å². The van der Waals surface area contributed by atoms with Crippen LogP contribution in [-0.2, 0) is 10.2 Å². The highest BCUT2D eigenvalue weighted by molar-refractivity contribution is 14.1. The molecule has 3 rings (SSSR count). The molecule has 2 N–H and O–H groups in total. The van der Waals surface area contributed by atoms with Crippen LogP contribution in [0, 0.1) is 32.9 Å². The molecule has 0 radical (unpaired) electrons. The largest absolute Gasteiger partial charge is 0.349 e. The first-order valence-corrected chi connectivity index (χ1v) is 12.1. The van der Waals surface area contributed by atoms with Crippen LogP contribution in [0.25, 0.3) is 0 Å². The van der Waals surface area contributed by atoms with E-state index in [9.17, 15) is 21.6 Å². The second kappa shape index (κ2) is 9.31. The molecular formula is C20H23F3IN3O2S. The fourth-order valence-corrected chi connectivity index (χ4v) is 5.19. The van der Waals surface area contributed by atoms with E-state index in [1.165, 1.54) is 16.4 Å². The molecule has 1 fully saturated rings. The Balaban J connectivity index is 1.86. The molecule has 1 aliphatic rings. The van der Waals surface area contributed by atoms with Crippen molar-refractivity contribution in [2.45, 2.75) is 26.7 Å². The van der Waals surface area contributed by atoms with Gasteiger partial charge in [-0.2, -0.15) is 12.7 Å². The van der Waals surface area contributed by atoms with Gasteiger partial charge < -0.3 is 5.32 Å². The third kappa shape index (κ3) is 5.20. The summed E-state index contributed by atoms with van der Waals surface area (Å²) in [6.07, 6.45) is 1.46. The SMILES string of the molecule is CC(C)C1CCN(S(=O)(=O)Nc2ccc(F)c(F)c2Nc2ccc(I)cc2F)CC1. The lowest BCUT2D eigenvalue weighted by Gasteiger charge is -2.33. The van der Waals surface area contributed by atoms with Gasteiger partial charge in [-0.3, -0.25) is 4.72 Å². The van der Waals surface area contributed by atoms with Crippen LogP contribution < -0.4 is 10.0 Å². The van der Waals surface area contributed by atoms with Crippen LogP contribution >= 0.6 is 22.6 Å². The van der Waals surface area contributed by atoms with Crippen molar-refractivity contribution in [3.8, 4) is 0 Å². The minimum Gasteiger partial charge on any atom is -0.349 e. The fourth-order valence-electron chi connectivity index (χ4n) is 3.47. The summed E-state index contributed by atoms with van der Waals surface area (Å²) in [6, 6.07) is 6.13. The Kier molecular flexibility index (Phi) is 7.18. The number of benzene rings is 2. The van der Waals surface area contributed by atoms with Crippen LogP contribution in [-0.4, -0.2) is 25.8 Å². The summed E-state index contributed by atoms with van der Waals surface area (Å²) in [6.45, 7) is 4.90. The molecule has 5 nitrogen and oxygen atoms in total. The van der Waals surface area contributed by atoms with Crippen molar-refractivity contribution in [1.29, 1.82) is 0 Å². The molecule has 0 aromatic heterocycles. The first-order valence-electron chi connectivity index (χ1n) is 9.56. The summed E-state index contributed by atoms with van der Waals surface area (Å²) < 4.78 is 72.5. The summed E-state index contributed by atoms with van der Waals surface area (Å²) in [5.74, 6) is -2.24. The van der Waals surface area contributed by atoms with E-state index in [0.29, 0.717) is 28.5 Å². The van der Waals surface area contributed by atoms with Crippen molar-refractivity contribution in [3.05, 3.63) is 51.4 Å². The predicted octanol–water partition coefficient (Wildman–Crippen LogP) is 5.48. The summed E-state index contributed by atoms with van der Waals surface area (Å²) in [7, 11) is -3.99. The Morgan fingerprint density at radius 2 is 1.67 bits per heavy atom. The zero-order chi connectivity index (χ0) is 22.1. The molecule has 1 aliphatic heterocycles. The van der Waals surface area contributed by atoms with Crippen LogP contribution in [0.1, 0.15) is 26.7 Å². The second-order valence-corrected chi connectivity index (χ2v) is 10.5. The van der Waals surface area contributed by atoms with Gasteiger partial charge in [-0.05, 0) is 77.6 Å². The second-order valence-electron chi connectivity index (χ2n) is 7.62. The molecule has 0 atom stereocenters. The van der Waals surface area contributed by atoms with Gasteiger partial charge in [0.15, 0.2) is 11.6 Å². The summed E-state index contributed by atoms with van der Waals surface area (Å²) in [5, 5.41) is 2.49. The van der Waals surface area contributed by atoms with Gasteiger partial charge in [-0.25, -0.2) is 13.2 Å². The minimum atomic E-state index is -3.99. The van der Waals surface area contributed by atoms with Crippen LogP contribution in [0.4, 0.5) is 30.2 Å². The Labute approximate surface area is 188 Å². The van der Waals surface area contributed by atoms with Crippen molar-refractivity contribution in [3.63, 3.8) is 0 Å². The lowest BCUT2D eigenvalue weighted by Crippen LogP contribution is -2.42. The Morgan fingerprint density at radius 3 is 2.27 bits per heavy atom. The van der Waals surface area contributed by atoms with Crippen molar-refractivity contribution < 1.29 is 21.6 Å². The Bertz CT molecular complexity index is 1030. The minimum absolute atomic E-state index is 0.0990.